The van der Waals surface area contributed by atoms with E-state index in [9.17, 15) is 0 Å². The first-order valence-electron chi connectivity index (χ1n) is 3.95. The molecule has 1 aliphatic heterocycles. The first kappa shape index (κ1) is 7.56. The molecule has 0 spiro atoms. The van der Waals surface area contributed by atoms with Gasteiger partial charge in [0.05, 0.1) is 11.5 Å². The Balaban J connectivity index is 2.55. The summed E-state index contributed by atoms with van der Waals surface area (Å²) < 4.78 is 0. The van der Waals surface area contributed by atoms with Crippen LogP contribution in [0.3, 0.4) is 0 Å². The molecular formula is C8H14N2. The summed E-state index contributed by atoms with van der Waals surface area (Å²) in [5.41, 5.74) is -0.0434. The van der Waals surface area contributed by atoms with E-state index in [1.54, 1.807) is 0 Å². The van der Waals surface area contributed by atoms with Crippen molar-refractivity contribution in [2.75, 3.05) is 13.1 Å². The van der Waals surface area contributed by atoms with Crippen molar-refractivity contribution in [3.05, 3.63) is 0 Å². The molecule has 0 radical (unpaired) electrons. The van der Waals surface area contributed by atoms with Gasteiger partial charge in [0.1, 0.15) is 0 Å². The van der Waals surface area contributed by atoms with Crippen molar-refractivity contribution in [1.82, 2.24) is 5.32 Å². The van der Waals surface area contributed by atoms with E-state index in [2.05, 4.69) is 18.3 Å². The van der Waals surface area contributed by atoms with Gasteiger partial charge < -0.3 is 5.32 Å². The molecule has 0 aromatic heterocycles. The van der Waals surface area contributed by atoms with E-state index in [0.717, 1.165) is 32.4 Å². The van der Waals surface area contributed by atoms with Gasteiger partial charge in [-0.2, -0.15) is 5.26 Å². The van der Waals surface area contributed by atoms with Gasteiger partial charge in [-0.05, 0) is 25.8 Å². The van der Waals surface area contributed by atoms with Gasteiger partial charge in [0.15, 0.2) is 0 Å². The Labute approximate surface area is 62.2 Å². The average Bonchev–Trinajstić information content (AvgIpc) is 2.06. The summed E-state index contributed by atoms with van der Waals surface area (Å²) >= 11 is 0. The molecule has 0 unspecified atom stereocenters. The highest BCUT2D eigenvalue weighted by atomic mass is 14.9. The second kappa shape index (κ2) is 3.03. The molecule has 1 N–H and O–H groups in total. The summed E-state index contributed by atoms with van der Waals surface area (Å²) in [4.78, 5) is 0. The third-order valence-electron chi connectivity index (χ3n) is 2.39. The maximum absolute atomic E-state index is 8.85. The van der Waals surface area contributed by atoms with Gasteiger partial charge in [-0.1, -0.05) is 6.92 Å². The van der Waals surface area contributed by atoms with Crippen molar-refractivity contribution in [3.8, 4) is 6.07 Å². The third-order valence-corrected chi connectivity index (χ3v) is 2.39. The van der Waals surface area contributed by atoms with Crippen LogP contribution in [0, 0.1) is 16.7 Å². The normalized spacial score (nSPS) is 33.2. The molecule has 1 heterocycles. The number of hydrogen-bond acceptors (Lipinski definition) is 2. The molecule has 0 aliphatic carbocycles. The molecule has 1 rings (SSSR count). The number of piperidine rings is 1. The maximum Gasteiger partial charge on any atom is 0.0703 e. The van der Waals surface area contributed by atoms with Crippen LogP contribution in [0.25, 0.3) is 0 Å². The van der Waals surface area contributed by atoms with Crippen LogP contribution in [0.1, 0.15) is 26.2 Å². The molecular weight excluding hydrogens is 124 g/mol. The fourth-order valence-corrected chi connectivity index (χ4v) is 1.44. The van der Waals surface area contributed by atoms with E-state index in [1.807, 2.05) is 0 Å². The minimum Gasteiger partial charge on any atom is -0.315 e. The maximum atomic E-state index is 8.85. The molecule has 1 aliphatic rings. The van der Waals surface area contributed by atoms with Gasteiger partial charge >= 0.3 is 0 Å². The van der Waals surface area contributed by atoms with Crippen LogP contribution in [-0.4, -0.2) is 13.1 Å². The van der Waals surface area contributed by atoms with Gasteiger partial charge in [0.25, 0.3) is 0 Å². The number of nitriles is 1. The van der Waals surface area contributed by atoms with E-state index in [0.29, 0.717) is 0 Å². The van der Waals surface area contributed by atoms with Crippen LogP contribution >= 0.6 is 0 Å². The second-order valence-electron chi connectivity index (χ2n) is 3.03. The van der Waals surface area contributed by atoms with E-state index < -0.39 is 0 Å². The summed E-state index contributed by atoms with van der Waals surface area (Å²) in [6.45, 7) is 4.07. The zero-order chi connectivity index (χ0) is 7.45. The fourth-order valence-electron chi connectivity index (χ4n) is 1.44. The SMILES string of the molecule is CC[C@@]1(C#N)CCCNC1. The first-order chi connectivity index (χ1) is 4.83. The molecule has 0 bridgehead atoms. The summed E-state index contributed by atoms with van der Waals surface area (Å²) in [6, 6.07) is 2.40. The summed E-state index contributed by atoms with van der Waals surface area (Å²) in [6.07, 6.45) is 3.21. The number of hydrogen-bond donors (Lipinski definition) is 1. The van der Waals surface area contributed by atoms with Crippen LogP contribution in [0.5, 0.6) is 0 Å². The van der Waals surface area contributed by atoms with Gasteiger partial charge in [-0.25, -0.2) is 0 Å². The van der Waals surface area contributed by atoms with Crippen molar-refractivity contribution in [2.24, 2.45) is 5.41 Å². The molecule has 1 fully saturated rings. The van der Waals surface area contributed by atoms with Crippen LogP contribution < -0.4 is 5.32 Å². The highest BCUT2D eigenvalue weighted by molar-refractivity contribution is 5.01. The zero-order valence-electron chi connectivity index (χ0n) is 6.48. The van der Waals surface area contributed by atoms with Gasteiger partial charge in [0.2, 0.25) is 0 Å². The van der Waals surface area contributed by atoms with Crippen molar-refractivity contribution in [3.63, 3.8) is 0 Å². The minimum atomic E-state index is -0.0434. The van der Waals surface area contributed by atoms with Gasteiger partial charge in [-0.15, -0.1) is 0 Å². The second-order valence-corrected chi connectivity index (χ2v) is 3.03. The summed E-state index contributed by atoms with van der Waals surface area (Å²) in [7, 11) is 0. The lowest BCUT2D eigenvalue weighted by atomic mass is 9.80. The number of nitrogens with one attached hydrogen (secondary N) is 1. The Bertz CT molecular complexity index is 140. The van der Waals surface area contributed by atoms with E-state index in [-0.39, 0.29) is 5.41 Å². The van der Waals surface area contributed by atoms with Crippen LogP contribution in [0.2, 0.25) is 0 Å². The lowest BCUT2D eigenvalue weighted by Crippen LogP contribution is -2.38. The standard InChI is InChI=1S/C8H14N2/c1-2-8(6-9)4-3-5-10-7-8/h10H,2-5,7H2,1H3/t8-/m0/s1. The molecule has 2 nitrogen and oxygen atoms in total. The monoisotopic (exact) mass is 138 g/mol. The quantitative estimate of drug-likeness (QED) is 0.592. The Hall–Kier alpha value is -0.550. The van der Waals surface area contributed by atoms with Crippen LogP contribution in [0.15, 0.2) is 0 Å². The van der Waals surface area contributed by atoms with Crippen molar-refractivity contribution in [1.29, 1.82) is 5.26 Å². The Morgan fingerprint density at radius 2 is 2.50 bits per heavy atom. The average molecular weight is 138 g/mol. The largest absolute Gasteiger partial charge is 0.315 e. The van der Waals surface area contributed by atoms with Gasteiger partial charge in [0, 0.05) is 6.54 Å². The lowest BCUT2D eigenvalue weighted by molar-refractivity contribution is 0.279. The molecule has 10 heavy (non-hydrogen) atoms. The lowest BCUT2D eigenvalue weighted by Gasteiger charge is -2.29. The smallest absolute Gasteiger partial charge is 0.0703 e. The van der Waals surface area contributed by atoms with E-state index in [1.165, 1.54) is 0 Å². The van der Waals surface area contributed by atoms with Crippen LogP contribution in [0.4, 0.5) is 0 Å². The predicted molar refractivity (Wildman–Crippen MR) is 40.4 cm³/mol. The molecule has 1 atom stereocenters. The molecule has 0 aromatic rings. The molecule has 56 valence electrons. The Morgan fingerprint density at radius 3 is 2.80 bits per heavy atom. The first-order valence-corrected chi connectivity index (χ1v) is 3.95. The van der Waals surface area contributed by atoms with Crippen molar-refractivity contribution < 1.29 is 0 Å². The fraction of sp³-hybridized carbons (Fsp3) is 0.875. The molecule has 0 saturated carbocycles. The zero-order valence-corrected chi connectivity index (χ0v) is 6.48. The van der Waals surface area contributed by atoms with Crippen molar-refractivity contribution >= 4 is 0 Å². The van der Waals surface area contributed by atoms with E-state index in [4.69, 9.17) is 5.26 Å². The predicted octanol–water partition coefficient (Wildman–Crippen LogP) is 1.29. The van der Waals surface area contributed by atoms with Crippen LogP contribution in [-0.2, 0) is 0 Å². The Morgan fingerprint density at radius 1 is 1.70 bits per heavy atom. The molecule has 1 saturated heterocycles. The molecule has 0 aromatic carbocycles. The Kier molecular flexibility index (Phi) is 2.29. The molecule has 2 heteroatoms. The third kappa shape index (κ3) is 1.30. The topological polar surface area (TPSA) is 35.8 Å². The number of nitrogens with zero attached hydrogens (tertiary/aromatic N) is 1. The summed E-state index contributed by atoms with van der Waals surface area (Å²) in [5, 5.41) is 12.1. The van der Waals surface area contributed by atoms with E-state index >= 15 is 0 Å². The minimum absolute atomic E-state index is 0.0434. The highest BCUT2D eigenvalue weighted by Crippen LogP contribution is 2.28. The molecule has 0 amide bonds. The highest BCUT2D eigenvalue weighted by Gasteiger charge is 2.29. The van der Waals surface area contributed by atoms with Gasteiger partial charge in [-0.3, -0.25) is 0 Å². The number of rotatable bonds is 1. The summed E-state index contributed by atoms with van der Waals surface area (Å²) in [5.74, 6) is 0. The van der Waals surface area contributed by atoms with Crippen molar-refractivity contribution in [2.45, 2.75) is 26.2 Å².